The number of aliphatic hydroxyl groups is 1. The Balaban J connectivity index is 1.98. The van der Waals surface area contributed by atoms with E-state index in [-0.39, 0.29) is 12.0 Å². The molecular weight excluding hydrogens is 222 g/mol. The van der Waals surface area contributed by atoms with Crippen molar-refractivity contribution in [3.8, 4) is 0 Å². The highest BCUT2D eigenvalue weighted by Crippen LogP contribution is 2.31. The Morgan fingerprint density at radius 1 is 1.28 bits per heavy atom. The summed E-state index contributed by atoms with van der Waals surface area (Å²) in [7, 11) is 0. The van der Waals surface area contributed by atoms with Gasteiger partial charge >= 0.3 is 0 Å². The Bertz CT molecular complexity index is 374. The van der Waals surface area contributed by atoms with Crippen molar-refractivity contribution in [2.75, 3.05) is 13.1 Å². The summed E-state index contributed by atoms with van der Waals surface area (Å²) >= 11 is 0. The minimum Gasteiger partial charge on any atom is -0.388 e. The zero-order chi connectivity index (χ0) is 13.2. The smallest absolute Gasteiger partial charge is 0.0827 e. The van der Waals surface area contributed by atoms with Crippen LogP contribution < -0.4 is 0 Å². The van der Waals surface area contributed by atoms with Crippen LogP contribution in [0.4, 0.5) is 0 Å². The molecule has 2 unspecified atom stereocenters. The highest BCUT2D eigenvalue weighted by molar-refractivity contribution is 5.18. The predicted octanol–water partition coefficient (Wildman–Crippen LogP) is 3.23. The van der Waals surface area contributed by atoms with Crippen LogP contribution >= 0.6 is 0 Å². The molecule has 1 aromatic rings. The van der Waals surface area contributed by atoms with E-state index in [1.165, 1.54) is 19.4 Å². The van der Waals surface area contributed by atoms with Crippen LogP contribution in [0.1, 0.15) is 45.3 Å². The van der Waals surface area contributed by atoms with Crippen LogP contribution in [0.25, 0.3) is 0 Å². The van der Waals surface area contributed by atoms with Crippen molar-refractivity contribution >= 4 is 0 Å². The molecule has 1 N–H and O–H groups in total. The summed E-state index contributed by atoms with van der Waals surface area (Å²) in [5.41, 5.74) is 1.33. The average Bonchev–Trinajstić information content (AvgIpc) is 2.69. The maximum Gasteiger partial charge on any atom is 0.0827 e. The molecule has 2 nitrogen and oxygen atoms in total. The SMILES string of the molecule is CC(CN1CCCC1(C)C)C(O)c1ccccc1. The molecule has 0 radical (unpaired) electrons. The number of hydrogen-bond donors (Lipinski definition) is 1. The molecule has 0 saturated carbocycles. The molecule has 1 aliphatic rings. The molecule has 100 valence electrons. The Kier molecular flexibility index (Phi) is 4.08. The van der Waals surface area contributed by atoms with Gasteiger partial charge in [-0.05, 0) is 44.7 Å². The normalized spacial score (nSPS) is 22.9. The van der Waals surface area contributed by atoms with Crippen LogP contribution in [-0.4, -0.2) is 28.6 Å². The third-order valence-corrected chi connectivity index (χ3v) is 4.26. The third kappa shape index (κ3) is 2.93. The van der Waals surface area contributed by atoms with Crippen molar-refractivity contribution in [3.05, 3.63) is 35.9 Å². The van der Waals surface area contributed by atoms with E-state index in [1.807, 2.05) is 30.3 Å². The first kappa shape index (κ1) is 13.6. The molecule has 1 aromatic carbocycles. The molecule has 2 atom stereocenters. The fourth-order valence-electron chi connectivity index (χ4n) is 2.93. The molecule has 2 heteroatoms. The van der Waals surface area contributed by atoms with E-state index in [0.29, 0.717) is 5.54 Å². The standard InChI is InChI=1S/C16H25NO/c1-13(12-17-11-7-10-16(17,2)3)15(18)14-8-5-4-6-9-14/h4-6,8-9,13,15,18H,7,10-12H2,1-3H3. The van der Waals surface area contributed by atoms with Crippen LogP contribution in [0.15, 0.2) is 30.3 Å². The number of rotatable bonds is 4. The second kappa shape index (κ2) is 5.41. The highest BCUT2D eigenvalue weighted by Gasteiger charge is 2.33. The van der Waals surface area contributed by atoms with Crippen molar-refractivity contribution in [3.63, 3.8) is 0 Å². The van der Waals surface area contributed by atoms with Gasteiger partial charge in [-0.3, -0.25) is 4.90 Å². The van der Waals surface area contributed by atoms with Gasteiger partial charge < -0.3 is 5.11 Å². The maximum absolute atomic E-state index is 10.4. The van der Waals surface area contributed by atoms with Crippen LogP contribution in [0.3, 0.4) is 0 Å². The Morgan fingerprint density at radius 2 is 1.94 bits per heavy atom. The summed E-state index contributed by atoms with van der Waals surface area (Å²) in [5, 5.41) is 10.4. The molecule has 0 aliphatic carbocycles. The molecule has 18 heavy (non-hydrogen) atoms. The Hall–Kier alpha value is -0.860. The van der Waals surface area contributed by atoms with Gasteiger partial charge in [-0.2, -0.15) is 0 Å². The zero-order valence-electron chi connectivity index (χ0n) is 11.8. The first-order chi connectivity index (χ1) is 8.50. The lowest BCUT2D eigenvalue weighted by Gasteiger charge is -2.35. The summed E-state index contributed by atoms with van der Waals surface area (Å²) in [6, 6.07) is 9.99. The number of nitrogens with zero attached hydrogens (tertiary/aromatic N) is 1. The lowest BCUT2D eigenvalue weighted by Crippen LogP contribution is -2.41. The topological polar surface area (TPSA) is 23.5 Å². The monoisotopic (exact) mass is 247 g/mol. The number of benzene rings is 1. The molecule has 1 fully saturated rings. The quantitative estimate of drug-likeness (QED) is 0.883. The van der Waals surface area contributed by atoms with E-state index in [9.17, 15) is 5.11 Å². The molecule has 0 aromatic heterocycles. The van der Waals surface area contributed by atoms with Gasteiger partial charge in [0, 0.05) is 12.1 Å². The second-order valence-electron chi connectivity index (χ2n) is 6.19. The second-order valence-corrected chi connectivity index (χ2v) is 6.19. The molecule has 0 amide bonds. The Labute approximate surface area is 111 Å². The largest absolute Gasteiger partial charge is 0.388 e. The van der Waals surface area contributed by atoms with Gasteiger partial charge in [-0.25, -0.2) is 0 Å². The maximum atomic E-state index is 10.4. The molecular formula is C16H25NO. The van der Waals surface area contributed by atoms with Gasteiger partial charge in [0.2, 0.25) is 0 Å². The van der Waals surface area contributed by atoms with Crippen LogP contribution in [0.5, 0.6) is 0 Å². The van der Waals surface area contributed by atoms with Crippen molar-refractivity contribution < 1.29 is 5.11 Å². The van der Waals surface area contributed by atoms with Crippen molar-refractivity contribution in [1.82, 2.24) is 4.90 Å². The molecule has 1 aliphatic heterocycles. The van der Waals surface area contributed by atoms with Gasteiger partial charge in [-0.1, -0.05) is 37.3 Å². The molecule has 0 bridgehead atoms. The molecule has 0 spiro atoms. The van der Waals surface area contributed by atoms with E-state index < -0.39 is 0 Å². The minimum atomic E-state index is -0.359. The van der Waals surface area contributed by atoms with E-state index in [2.05, 4.69) is 25.7 Å². The lowest BCUT2D eigenvalue weighted by atomic mass is 9.95. The van der Waals surface area contributed by atoms with Gasteiger partial charge in [0.1, 0.15) is 0 Å². The molecule has 1 saturated heterocycles. The summed E-state index contributed by atoms with van der Waals surface area (Å²) in [6.07, 6.45) is 2.19. The van der Waals surface area contributed by atoms with Crippen LogP contribution in [0, 0.1) is 5.92 Å². The lowest BCUT2D eigenvalue weighted by molar-refractivity contribution is 0.0674. The van der Waals surface area contributed by atoms with Gasteiger partial charge in [-0.15, -0.1) is 0 Å². The van der Waals surface area contributed by atoms with Gasteiger partial charge in [0.25, 0.3) is 0 Å². The van der Waals surface area contributed by atoms with Gasteiger partial charge in [0.05, 0.1) is 6.10 Å². The highest BCUT2D eigenvalue weighted by atomic mass is 16.3. The van der Waals surface area contributed by atoms with Crippen molar-refractivity contribution in [2.24, 2.45) is 5.92 Å². The minimum absolute atomic E-state index is 0.268. The van der Waals surface area contributed by atoms with Crippen LogP contribution in [0.2, 0.25) is 0 Å². The predicted molar refractivity (Wildman–Crippen MR) is 75.5 cm³/mol. The van der Waals surface area contributed by atoms with E-state index in [0.717, 1.165) is 12.1 Å². The summed E-state index contributed by atoms with van der Waals surface area (Å²) in [4.78, 5) is 2.52. The summed E-state index contributed by atoms with van der Waals surface area (Å²) in [6.45, 7) is 8.90. The molecule has 2 rings (SSSR count). The van der Waals surface area contributed by atoms with E-state index >= 15 is 0 Å². The fourth-order valence-corrected chi connectivity index (χ4v) is 2.93. The first-order valence-electron chi connectivity index (χ1n) is 6.99. The Morgan fingerprint density at radius 3 is 2.50 bits per heavy atom. The molecule has 1 heterocycles. The number of hydrogen-bond acceptors (Lipinski definition) is 2. The van der Waals surface area contributed by atoms with Gasteiger partial charge in [0.15, 0.2) is 0 Å². The number of aliphatic hydroxyl groups excluding tert-OH is 1. The summed E-state index contributed by atoms with van der Waals surface area (Å²) in [5.74, 6) is 0.268. The zero-order valence-corrected chi connectivity index (χ0v) is 11.8. The third-order valence-electron chi connectivity index (χ3n) is 4.26. The number of likely N-dealkylation sites (tertiary alicyclic amines) is 1. The van der Waals surface area contributed by atoms with E-state index in [4.69, 9.17) is 0 Å². The van der Waals surface area contributed by atoms with E-state index in [1.54, 1.807) is 0 Å². The van der Waals surface area contributed by atoms with Crippen molar-refractivity contribution in [1.29, 1.82) is 0 Å². The summed E-state index contributed by atoms with van der Waals surface area (Å²) < 4.78 is 0. The first-order valence-corrected chi connectivity index (χ1v) is 6.99. The average molecular weight is 247 g/mol. The van der Waals surface area contributed by atoms with Crippen molar-refractivity contribution in [2.45, 2.75) is 45.3 Å². The fraction of sp³-hybridized carbons (Fsp3) is 0.625. The van der Waals surface area contributed by atoms with Crippen LogP contribution in [-0.2, 0) is 0 Å².